The third-order valence-electron chi connectivity index (χ3n) is 4.02. The molecular formula is C17H39IN4O. The Morgan fingerprint density at radius 2 is 1.78 bits per heavy atom. The van der Waals surface area contributed by atoms with E-state index in [1.54, 1.807) is 0 Å². The van der Waals surface area contributed by atoms with Gasteiger partial charge in [0, 0.05) is 25.2 Å². The number of nitrogens with zero attached hydrogens (tertiary/aromatic N) is 2. The molecule has 0 fully saturated rings. The molecule has 23 heavy (non-hydrogen) atoms. The van der Waals surface area contributed by atoms with Crippen molar-refractivity contribution in [1.29, 1.82) is 0 Å². The Hall–Kier alpha value is -0.0800. The second-order valence-corrected chi connectivity index (χ2v) is 6.86. The quantitative estimate of drug-likeness (QED) is 0.310. The zero-order valence-electron chi connectivity index (χ0n) is 16.4. The summed E-state index contributed by atoms with van der Waals surface area (Å²) in [5.41, 5.74) is 0.0497. The maximum absolute atomic E-state index is 5.78. The molecule has 1 unspecified atom stereocenters. The largest absolute Gasteiger partial charge is 0.378 e. The Balaban J connectivity index is 0. The molecule has 2 N–H and O–H groups in total. The molecule has 1 atom stereocenters. The number of hydrogen-bond acceptors (Lipinski definition) is 3. The lowest BCUT2D eigenvalue weighted by atomic mass is 10.0. The molecule has 0 saturated heterocycles. The van der Waals surface area contributed by atoms with Crippen molar-refractivity contribution in [3.63, 3.8) is 0 Å². The van der Waals surface area contributed by atoms with Crippen molar-refractivity contribution < 1.29 is 4.74 Å². The standard InChI is InChI=1S/C17H38N4O.HI/c1-9-18-16(20-13-17(5,6)21(7)8)19-12-11-15(14(3)4)22-10-2;/h14-15H,9-13H2,1-8H3,(H2,18,19,20);1H. The van der Waals surface area contributed by atoms with Crippen molar-refractivity contribution in [1.82, 2.24) is 15.5 Å². The van der Waals surface area contributed by atoms with Crippen LogP contribution in [0.2, 0.25) is 0 Å². The Kier molecular flexibility index (Phi) is 14.5. The summed E-state index contributed by atoms with van der Waals surface area (Å²) < 4.78 is 5.78. The first-order valence-corrected chi connectivity index (χ1v) is 8.55. The minimum Gasteiger partial charge on any atom is -0.378 e. The van der Waals surface area contributed by atoms with E-state index in [4.69, 9.17) is 9.73 Å². The Morgan fingerprint density at radius 3 is 2.22 bits per heavy atom. The number of hydrogen-bond donors (Lipinski definition) is 2. The lowest BCUT2D eigenvalue weighted by molar-refractivity contribution is 0.0258. The van der Waals surface area contributed by atoms with E-state index in [-0.39, 0.29) is 29.5 Å². The van der Waals surface area contributed by atoms with Gasteiger partial charge in [-0.1, -0.05) is 13.8 Å². The summed E-state index contributed by atoms with van der Waals surface area (Å²) in [6.07, 6.45) is 1.30. The van der Waals surface area contributed by atoms with Gasteiger partial charge in [-0.2, -0.15) is 0 Å². The van der Waals surface area contributed by atoms with Crippen molar-refractivity contribution in [3.05, 3.63) is 0 Å². The van der Waals surface area contributed by atoms with Crippen LogP contribution >= 0.6 is 24.0 Å². The van der Waals surface area contributed by atoms with Crippen LogP contribution in [-0.4, -0.2) is 62.8 Å². The lowest BCUT2D eigenvalue weighted by Gasteiger charge is -2.31. The molecule has 0 spiro atoms. The van der Waals surface area contributed by atoms with E-state index in [1.807, 2.05) is 0 Å². The minimum atomic E-state index is 0. The van der Waals surface area contributed by atoms with E-state index in [1.165, 1.54) is 0 Å². The predicted molar refractivity (Wildman–Crippen MR) is 112 cm³/mol. The molecule has 0 radical (unpaired) electrons. The maximum atomic E-state index is 5.78. The Labute approximate surface area is 161 Å². The van der Waals surface area contributed by atoms with Crippen LogP contribution in [-0.2, 0) is 4.74 Å². The van der Waals surface area contributed by atoms with Crippen LogP contribution in [0.15, 0.2) is 4.99 Å². The van der Waals surface area contributed by atoms with Gasteiger partial charge in [-0.15, -0.1) is 24.0 Å². The normalized spacial score (nSPS) is 13.9. The molecule has 140 valence electrons. The van der Waals surface area contributed by atoms with E-state index in [0.717, 1.165) is 38.6 Å². The molecule has 0 aromatic heterocycles. The molecule has 0 heterocycles. The lowest BCUT2D eigenvalue weighted by Crippen LogP contribution is -2.44. The van der Waals surface area contributed by atoms with Gasteiger partial charge in [0.05, 0.1) is 12.6 Å². The highest BCUT2D eigenvalue weighted by Crippen LogP contribution is 2.11. The van der Waals surface area contributed by atoms with Gasteiger partial charge < -0.3 is 20.3 Å². The monoisotopic (exact) mass is 442 g/mol. The first-order chi connectivity index (χ1) is 10.2. The fourth-order valence-electron chi connectivity index (χ4n) is 1.91. The summed E-state index contributed by atoms with van der Waals surface area (Å²) in [4.78, 5) is 6.90. The number of halogens is 1. The van der Waals surface area contributed by atoms with Gasteiger partial charge in [-0.3, -0.25) is 4.99 Å². The third-order valence-corrected chi connectivity index (χ3v) is 4.02. The van der Waals surface area contributed by atoms with Crippen molar-refractivity contribution >= 4 is 29.9 Å². The topological polar surface area (TPSA) is 48.9 Å². The number of rotatable bonds is 10. The average Bonchev–Trinajstić information content (AvgIpc) is 2.43. The van der Waals surface area contributed by atoms with Gasteiger partial charge in [0.1, 0.15) is 0 Å². The van der Waals surface area contributed by atoms with E-state index in [0.29, 0.717) is 12.0 Å². The van der Waals surface area contributed by atoms with Crippen LogP contribution < -0.4 is 10.6 Å². The number of likely N-dealkylation sites (N-methyl/N-ethyl adjacent to an activating group) is 1. The van der Waals surface area contributed by atoms with Gasteiger partial charge in [0.25, 0.3) is 0 Å². The number of aliphatic imine (C=N–C) groups is 1. The zero-order chi connectivity index (χ0) is 17.2. The smallest absolute Gasteiger partial charge is 0.191 e. The first kappa shape index (κ1) is 25.2. The molecule has 0 saturated carbocycles. The summed E-state index contributed by atoms with van der Waals surface area (Å²) in [6.45, 7) is 16.2. The van der Waals surface area contributed by atoms with Gasteiger partial charge in [0.15, 0.2) is 5.96 Å². The highest BCUT2D eigenvalue weighted by atomic mass is 127. The highest BCUT2D eigenvalue weighted by molar-refractivity contribution is 14.0. The van der Waals surface area contributed by atoms with Crippen LogP contribution in [0.3, 0.4) is 0 Å². The molecule has 0 aliphatic carbocycles. The summed E-state index contributed by atoms with van der Waals surface area (Å²) in [7, 11) is 4.18. The Bertz CT molecular complexity index is 320. The summed E-state index contributed by atoms with van der Waals surface area (Å²) in [5, 5.41) is 6.72. The number of nitrogens with one attached hydrogen (secondary N) is 2. The molecule has 0 amide bonds. The first-order valence-electron chi connectivity index (χ1n) is 8.55. The average molecular weight is 442 g/mol. The van der Waals surface area contributed by atoms with Crippen LogP contribution in [0, 0.1) is 5.92 Å². The molecule has 0 aliphatic rings. The van der Waals surface area contributed by atoms with Crippen LogP contribution in [0.25, 0.3) is 0 Å². The van der Waals surface area contributed by atoms with Crippen molar-refractivity contribution in [2.24, 2.45) is 10.9 Å². The number of ether oxygens (including phenoxy) is 1. The van der Waals surface area contributed by atoms with Gasteiger partial charge >= 0.3 is 0 Å². The summed E-state index contributed by atoms with van der Waals surface area (Å²) >= 11 is 0. The van der Waals surface area contributed by atoms with Crippen LogP contribution in [0.1, 0.15) is 48.0 Å². The highest BCUT2D eigenvalue weighted by Gasteiger charge is 2.20. The van der Waals surface area contributed by atoms with Crippen LogP contribution in [0.4, 0.5) is 0 Å². The molecule has 0 aromatic carbocycles. The van der Waals surface area contributed by atoms with Gasteiger partial charge in [0.2, 0.25) is 0 Å². The van der Waals surface area contributed by atoms with E-state index in [2.05, 4.69) is 71.2 Å². The van der Waals surface area contributed by atoms with Crippen molar-refractivity contribution in [2.75, 3.05) is 40.3 Å². The van der Waals surface area contributed by atoms with Gasteiger partial charge in [-0.25, -0.2) is 0 Å². The molecule has 6 heteroatoms. The van der Waals surface area contributed by atoms with Gasteiger partial charge in [-0.05, 0) is 54.1 Å². The molecule has 5 nitrogen and oxygen atoms in total. The molecule has 0 bridgehead atoms. The molecular weight excluding hydrogens is 403 g/mol. The predicted octanol–water partition coefficient (Wildman–Crippen LogP) is 2.95. The summed E-state index contributed by atoms with van der Waals surface area (Å²) in [5.74, 6) is 1.42. The molecule has 0 rings (SSSR count). The number of guanidine groups is 1. The minimum absolute atomic E-state index is 0. The fraction of sp³-hybridized carbons (Fsp3) is 0.941. The SMILES string of the molecule is CCNC(=NCC(C)(C)N(C)C)NCCC(OCC)C(C)C.I. The fourth-order valence-corrected chi connectivity index (χ4v) is 1.91. The Morgan fingerprint density at radius 1 is 1.17 bits per heavy atom. The zero-order valence-corrected chi connectivity index (χ0v) is 18.7. The van der Waals surface area contributed by atoms with E-state index >= 15 is 0 Å². The molecule has 0 aliphatic heterocycles. The maximum Gasteiger partial charge on any atom is 0.191 e. The van der Waals surface area contributed by atoms with Crippen molar-refractivity contribution in [3.8, 4) is 0 Å². The van der Waals surface area contributed by atoms with Crippen molar-refractivity contribution in [2.45, 2.75) is 59.6 Å². The second kappa shape index (κ2) is 13.2. The second-order valence-electron chi connectivity index (χ2n) is 6.86. The van der Waals surface area contributed by atoms with E-state index < -0.39 is 0 Å². The summed E-state index contributed by atoms with van der Waals surface area (Å²) in [6, 6.07) is 0. The molecule has 0 aromatic rings. The van der Waals surface area contributed by atoms with Crippen LogP contribution in [0.5, 0.6) is 0 Å². The third kappa shape index (κ3) is 11.2. The van der Waals surface area contributed by atoms with E-state index in [9.17, 15) is 0 Å².